The van der Waals surface area contributed by atoms with Crippen molar-refractivity contribution < 1.29 is 47.3 Å². The van der Waals surface area contributed by atoms with Crippen molar-refractivity contribution >= 4 is 35.0 Å². The van der Waals surface area contributed by atoms with Crippen LogP contribution in [0.4, 0.5) is 8.78 Å². The van der Waals surface area contributed by atoms with Crippen molar-refractivity contribution in [3.63, 3.8) is 0 Å². The largest absolute Gasteiger partial charge is 0.494 e. The zero-order valence-electron chi connectivity index (χ0n) is 49.1. The van der Waals surface area contributed by atoms with E-state index in [0.29, 0.717) is 59.7 Å². The zero-order valence-corrected chi connectivity index (χ0v) is 49.1. The van der Waals surface area contributed by atoms with Crippen molar-refractivity contribution in [2.45, 2.75) is 111 Å². The van der Waals surface area contributed by atoms with E-state index < -0.39 is 40.2 Å². The maximum Gasteiger partial charge on any atom is 0.311 e. The van der Waals surface area contributed by atoms with Gasteiger partial charge in [0.2, 0.25) is 0 Å². The van der Waals surface area contributed by atoms with Crippen LogP contribution in [0.5, 0.6) is 11.5 Å². The second-order valence-corrected chi connectivity index (χ2v) is 22.9. The van der Waals surface area contributed by atoms with Crippen LogP contribution >= 0.6 is 0 Å². The van der Waals surface area contributed by atoms with Crippen LogP contribution in [-0.4, -0.2) is 139 Å². The van der Waals surface area contributed by atoms with Crippen LogP contribution in [0.15, 0.2) is 86.2 Å². The average molecular weight is 1210 g/mol. The van der Waals surface area contributed by atoms with E-state index in [1.165, 1.54) is 81.3 Å². The number of benzene rings is 2. The van der Waals surface area contributed by atoms with Crippen LogP contribution in [0.2, 0.25) is 0 Å². The molecule has 2 fully saturated rings. The van der Waals surface area contributed by atoms with Crippen molar-refractivity contribution in [3.05, 3.63) is 154 Å². The number of hydrogen-bond donors (Lipinski definition) is 3. The second kappa shape index (κ2) is 24.5. The van der Waals surface area contributed by atoms with E-state index in [-0.39, 0.29) is 66.2 Å². The fourth-order valence-electron chi connectivity index (χ4n) is 10.2. The Labute approximate surface area is 500 Å². The lowest BCUT2D eigenvalue weighted by molar-refractivity contribution is -0.153. The molecule has 28 nitrogen and oxygen atoms in total. The summed E-state index contributed by atoms with van der Waals surface area (Å²) in [4.78, 5) is 60.0. The summed E-state index contributed by atoms with van der Waals surface area (Å²) >= 11 is 0. The highest BCUT2D eigenvalue weighted by Crippen LogP contribution is 2.42. The van der Waals surface area contributed by atoms with E-state index in [4.69, 9.17) is 24.2 Å². The highest BCUT2D eigenvalue weighted by atomic mass is 19.1. The van der Waals surface area contributed by atoms with Gasteiger partial charge in [-0.15, -0.1) is 20.4 Å². The van der Waals surface area contributed by atoms with Crippen LogP contribution in [0.1, 0.15) is 138 Å². The third-order valence-corrected chi connectivity index (χ3v) is 15.2. The lowest BCUT2D eigenvalue weighted by Crippen LogP contribution is -2.29. The van der Waals surface area contributed by atoms with Gasteiger partial charge in [0, 0.05) is 49.0 Å². The van der Waals surface area contributed by atoms with Gasteiger partial charge in [-0.05, 0) is 152 Å². The molecular weight excluding hydrogens is 1140 g/mol. The molecule has 8 heterocycles. The molecule has 0 radical (unpaired) electrons. The highest BCUT2D eigenvalue weighted by Gasteiger charge is 2.34. The predicted molar refractivity (Wildman–Crippen MR) is 305 cm³/mol. The quantitative estimate of drug-likeness (QED) is 0.0657. The summed E-state index contributed by atoms with van der Waals surface area (Å²) in [6.07, 6.45) is 18.9. The van der Waals surface area contributed by atoms with Gasteiger partial charge in [0.15, 0.2) is 34.5 Å². The first-order valence-corrected chi connectivity index (χ1v) is 28.2. The summed E-state index contributed by atoms with van der Waals surface area (Å²) < 4.78 is 55.3. The minimum atomic E-state index is -0.955. The highest BCUT2D eigenvalue weighted by molar-refractivity contribution is 5.92. The molecule has 3 N–H and O–H groups in total. The van der Waals surface area contributed by atoms with E-state index >= 15 is 8.78 Å². The molecule has 8 aromatic heterocycles. The number of aromatic nitrogens is 18. The molecule has 456 valence electrons. The van der Waals surface area contributed by atoms with Gasteiger partial charge in [0.1, 0.15) is 23.9 Å². The molecule has 0 atom stereocenters. The molecule has 88 heavy (non-hydrogen) atoms. The van der Waals surface area contributed by atoms with E-state index in [9.17, 15) is 24.3 Å². The minimum absolute atomic E-state index is 0.0124. The SMILES string of the molecule is CCOC(=O)C(C)(C)Cc1cc(C2CC2)cn2cc(Cn3cc(C(=O)NCc4c(-n5cnnn5)ccc(OC)c4F)nn3)nc12.COc1ccc(-n2cnnn2)c(CNC(=O)c2cn(Cc3cn4cc(C5CC5)cc(CC(C)(C)C(=O)O)c4n3)nn2)c1F. The number of hydrogen-bond acceptors (Lipinski definition) is 19. The first kappa shape index (κ1) is 59.3. The number of carboxylic acids is 1. The molecule has 0 saturated heterocycles. The van der Waals surface area contributed by atoms with Crippen LogP contribution in [0.25, 0.3) is 22.7 Å². The Bertz CT molecular complexity index is 4220. The lowest BCUT2D eigenvalue weighted by atomic mass is 9.85. The van der Waals surface area contributed by atoms with Gasteiger partial charge < -0.3 is 38.8 Å². The van der Waals surface area contributed by atoms with Crippen molar-refractivity contribution in [2.75, 3.05) is 20.8 Å². The first-order valence-electron chi connectivity index (χ1n) is 28.2. The number of nitrogens with zero attached hydrogens (tertiary/aromatic N) is 18. The smallest absolute Gasteiger partial charge is 0.311 e. The molecule has 10 aromatic rings. The predicted octanol–water partition coefficient (Wildman–Crippen LogP) is 5.59. The molecule has 2 aromatic carbocycles. The Kier molecular flexibility index (Phi) is 16.5. The number of aliphatic carboxylic acids is 1. The monoisotopic (exact) mass is 1200 g/mol. The van der Waals surface area contributed by atoms with Crippen molar-refractivity contribution in [2.24, 2.45) is 10.8 Å². The number of fused-ring (bicyclic) bond motifs is 2. The van der Waals surface area contributed by atoms with Gasteiger partial charge in [-0.2, -0.15) is 0 Å². The summed E-state index contributed by atoms with van der Waals surface area (Å²) in [5, 5.41) is 53.3. The zero-order chi connectivity index (χ0) is 62.0. The summed E-state index contributed by atoms with van der Waals surface area (Å²) in [5.41, 5.74) is 6.42. The standard InChI is InChI=1S/C30H33FN10O4.C28H29FN10O4/c1-5-45-29(43)30(2,3)11-19-10-20(18-6-7-18)13-39-14-21(34-27(19)39)15-40-16-23(35-37-40)28(42)32-12-22-24(41-17-33-36-38-41)8-9-25(44-4)26(22)31;1-28(2,27(41)42)9-17-8-18(16-4-5-16)11-37-12-19(32-25(17)37)13-38-14-21(33-35-38)26(40)30-10-20-22(39-15-31-34-36-39)6-7-23(43-3)24(20)29/h8-10,13-14,16-18H,5-7,11-12,15H2,1-4H3,(H,32,42);6-8,11-12,14-16H,4-5,9-10,13H2,1-3H3,(H,30,40)(H,41,42). The number of pyridine rings is 2. The second-order valence-electron chi connectivity index (χ2n) is 22.9. The molecule has 2 aliphatic carbocycles. The number of carbonyl (C=O) groups excluding carboxylic acids is 3. The normalized spacial score (nSPS) is 13.3. The van der Waals surface area contributed by atoms with Crippen LogP contribution in [0, 0.1) is 22.5 Å². The number of carboxylic acid groups (broad SMARTS) is 1. The van der Waals surface area contributed by atoms with Crippen LogP contribution in [0.3, 0.4) is 0 Å². The maximum absolute atomic E-state index is 15.2. The summed E-state index contributed by atoms with van der Waals surface area (Å²) in [7, 11) is 2.71. The number of halogens is 2. The maximum atomic E-state index is 15.2. The Balaban J connectivity index is 0.000000182. The molecule has 12 rings (SSSR count). The molecule has 2 amide bonds. The molecular formula is C58H62F2N20O8. The molecule has 0 aliphatic heterocycles. The lowest BCUT2D eigenvalue weighted by Gasteiger charge is -2.23. The summed E-state index contributed by atoms with van der Waals surface area (Å²) in [5.74, 6) is -2.49. The number of nitrogens with one attached hydrogen (secondary N) is 2. The van der Waals surface area contributed by atoms with Gasteiger partial charge >= 0.3 is 11.9 Å². The van der Waals surface area contributed by atoms with E-state index in [0.717, 1.165) is 42.5 Å². The van der Waals surface area contributed by atoms with Crippen LogP contribution in [-0.2, 0) is 53.3 Å². The van der Waals surface area contributed by atoms with E-state index in [1.807, 2.05) is 41.2 Å². The molecule has 2 saturated carbocycles. The third-order valence-electron chi connectivity index (χ3n) is 15.2. The van der Waals surface area contributed by atoms with E-state index in [1.54, 1.807) is 32.9 Å². The van der Waals surface area contributed by atoms with E-state index in [2.05, 4.69) is 80.6 Å². The van der Waals surface area contributed by atoms with Gasteiger partial charge in [0.25, 0.3) is 11.8 Å². The number of tetrazole rings is 2. The van der Waals surface area contributed by atoms with Crippen LogP contribution < -0.4 is 20.1 Å². The summed E-state index contributed by atoms with van der Waals surface area (Å²) in [6.45, 7) is 9.43. The summed E-state index contributed by atoms with van der Waals surface area (Å²) in [6, 6.07) is 10.3. The third kappa shape index (κ3) is 12.9. The number of carbonyl (C=O) groups is 4. The fraction of sp³-hybridized carbons (Fsp3) is 0.379. The topological polar surface area (TPSA) is 323 Å². The Morgan fingerprint density at radius 1 is 0.625 bits per heavy atom. The molecule has 0 bridgehead atoms. The van der Waals surface area contributed by atoms with Gasteiger partial charge in [-0.25, -0.2) is 37.5 Å². The van der Waals surface area contributed by atoms with Crippen molar-refractivity contribution in [1.82, 2.24) is 99.8 Å². The minimum Gasteiger partial charge on any atom is -0.494 e. The van der Waals surface area contributed by atoms with Gasteiger partial charge in [-0.1, -0.05) is 22.6 Å². The molecule has 30 heteroatoms. The number of rotatable bonds is 23. The average Bonchev–Trinajstić information content (AvgIpc) is 2.00. The van der Waals surface area contributed by atoms with Gasteiger partial charge in [0.05, 0.1) is 79.9 Å². The number of imidazole rings is 2. The number of methoxy groups -OCH3 is 2. The molecule has 0 spiro atoms. The van der Waals surface area contributed by atoms with Gasteiger partial charge in [-0.3, -0.25) is 19.2 Å². The molecule has 0 unspecified atom stereocenters. The van der Waals surface area contributed by atoms with Crippen molar-refractivity contribution in [1.29, 1.82) is 0 Å². The Hall–Kier alpha value is -10.4. The number of esters is 1. The first-order chi connectivity index (χ1) is 42.3. The fourth-order valence-corrected chi connectivity index (χ4v) is 10.2. The Morgan fingerprint density at radius 3 is 1.45 bits per heavy atom. The number of amides is 2. The van der Waals surface area contributed by atoms with Crippen molar-refractivity contribution in [3.8, 4) is 22.9 Å². The Morgan fingerprint density at radius 2 is 1.07 bits per heavy atom. The molecule has 2 aliphatic rings. The number of ether oxygens (including phenoxy) is 3.